The Morgan fingerprint density at radius 1 is 0.559 bits per heavy atom. The molecule has 2 nitrogen and oxygen atoms in total. The summed E-state index contributed by atoms with van der Waals surface area (Å²) in [6.45, 7) is 3.41. The molecular weight excluding hydrogens is 416 g/mol. The van der Waals surface area contributed by atoms with Gasteiger partial charge in [0.05, 0.1) is 6.26 Å². The number of rotatable bonds is 25. The lowest BCUT2D eigenvalue weighted by Gasteiger charge is -2.21. The van der Waals surface area contributed by atoms with E-state index in [0.717, 1.165) is 18.8 Å². The predicted molar refractivity (Wildman–Crippen MR) is 149 cm³/mol. The highest BCUT2D eigenvalue weighted by Crippen LogP contribution is 2.28. The summed E-state index contributed by atoms with van der Waals surface area (Å²) in [4.78, 5) is 11.2. The topological polar surface area (TPSA) is 26.3 Å². The molecule has 0 heterocycles. The van der Waals surface area contributed by atoms with Crippen LogP contribution < -0.4 is 0 Å². The van der Waals surface area contributed by atoms with Gasteiger partial charge in [0.25, 0.3) is 0 Å². The minimum atomic E-state index is -0.143. The first-order valence-electron chi connectivity index (χ1n) is 15.6. The first-order valence-corrected chi connectivity index (χ1v) is 15.6. The SMILES string of the molecule is C=COC(=O)CCCCCCCCCCCCCCCCCCCCCCCC1CCCCC1. The minimum absolute atomic E-state index is 0.143. The lowest BCUT2D eigenvalue weighted by molar-refractivity contribution is -0.138. The minimum Gasteiger partial charge on any atom is -0.435 e. The molecule has 1 rings (SSSR count). The van der Waals surface area contributed by atoms with Crippen LogP contribution in [0, 0.1) is 5.92 Å². The Hall–Kier alpha value is -0.790. The highest BCUT2D eigenvalue weighted by molar-refractivity contribution is 5.69. The van der Waals surface area contributed by atoms with Crippen molar-refractivity contribution in [3.05, 3.63) is 12.8 Å². The fourth-order valence-electron chi connectivity index (χ4n) is 5.69. The van der Waals surface area contributed by atoms with Crippen LogP contribution in [0.25, 0.3) is 0 Å². The molecular formula is C32H60O2. The smallest absolute Gasteiger partial charge is 0.310 e. The average molecular weight is 477 g/mol. The van der Waals surface area contributed by atoms with Crippen LogP contribution in [-0.2, 0) is 9.53 Å². The quantitative estimate of drug-likeness (QED) is 0.0743. The van der Waals surface area contributed by atoms with Crippen molar-refractivity contribution in [3.63, 3.8) is 0 Å². The van der Waals surface area contributed by atoms with Gasteiger partial charge >= 0.3 is 5.97 Å². The number of unbranched alkanes of at least 4 members (excludes halogenated alkanes) is 20. The third-order valence-corrected chi connectivity index (χ3v) is 7.93. The van der Waals surface area contributed by atoms with Crippen LogP contribution >= 0.6 is 0 Å². The standard InChI is InChI=1S/C32H60O2/c1-2-34-32(33)30-26-21-19-17-15-13-11-9-7-5-3-4-6-8-10-12-14-16-18-20-23-27-31-28-24-22-25-29-31/h2,31H,1,3-30H2. The highest BCUT2D eigenvalue weighted by atomic mass is 16.5. The molecule has 2 heteroatoms. The molecule has 34 heavy (non-hydrogen) atoms. The second-order valence-electron chi connectivity index (χ2n) is 11.1. The second-order valence-corrected chi connectivity index (χ2v) is 11.1. The maximum Gasteiger partial charge on any atom is 0.310 e. The van der Waals surface area contributed by atoms with Crippen LogP contribution in [0.4, 0.5) is 0 Å². The van der Waals surface area contributed by atoms with Crippen LogP contribution in [0.1, 0.15) is 180 Å². The summed E-state index contributed by atoms with van der Waals surface area (Å²) in [6, 6.07) is 0. The third-order valence-electron chi connectivity index (χ3n) is 7.93. The van der Waals surface area contributed by atoms with Gasteiger partial charge in [0, 0.05) is 6.42 Å². The molecule has 0 radical (unpaired) electrons. The van der Waals surface area contributed by atoms with Gasteiger partial charge in [0.2, 0.25) is 0 Å². The molecule has 0 saturated heterocycles. The van der Waals surface area contributed by atoms with Gasteiger partial charge < -0.3 is 4.74 Å². The van der Waals surface area contributed by atoms with Gasteiger partial charge in [0.1, 0.15) is 0 Å². The molecule has 1 saturated carbocycles. The fourth-order valence-corrected chi connectivity index (χ4v) is 5.69. The van der Waals surface area contributed by atoms with E-state index < -0.39 is 0 Å². The van der Waals surface area contributed by atoms with E-state index in [0.29, 0.717) is 6.42 Å². The van der Waals surface area contributed by atoms with E-state index in [-0.39, 0.29) is 5.97 Å². The number of esters is 1. The molecule has 200 valence electrons. The predicted octanol–water partition coefficient (Wildman–Crippen LogP) is 11.2. The van der Waals surface area contributed by atoms with Crippen LogP contribution in [0.15, 0.2) is 12.8 Å². The lowest BCUT2D eigenvalue weighted by atomic mass is 9.85. The normalized spacial score (nSPS) is 14.4. The van der Waals surface area contributed by atoms with E-state index in [1.54, 1.807) is 0 Å². The van der Waals surface area contributed by atoms with E-state index in [2.05, 4.69) is 6.58 Å². The number of carbonyl (C=O) groups excluding carboxylic acids is 1. The van der Waals surface area contributed by atoms with Crippen LogP contribution in [0.3, 0.4) is 0 Å². The highest BCUT2D eigenvalue weighted by Gasteiger charge is 2.12. The van der Waals surface area contributed by atoms with Gasteiger partial charge in [-0.2, -0.15) is 0 Å². The first kappa shape index (κ1) is 31.2. The Morgan fingerprint density at radius 3 is 1.29 bits per heavy atom. The summed E-state index contributed by atoms with van der Waals surface area (Å²) in [5, 5.41) is 0. The van der Waals surface area contributed by atoms with E-state index >= 15 is 0 Å². The maximum atomic E-state index is 11.2. The maximum absolute atomic E-state index is 11.2. The Morgan fingerprint density at radius 2 is 0.912 bits per heavy atom. The first-order chi connectivity index (χ1) is 16.8. The molecule has 0 aliphatic heterocycles. The summed E-state index contributed by atoms with van der Waals surface area (Å²) in [7, 11) is 0. The summed E-state index contributed by atoms with van der Waals surface area (Å²) in [6.07, 6.45) is 40.2. The van der Waals surface area contributed by atoms with E-state index in [1.807, 2.05) is 0 Å². The largest absolute Gasteiger partial charge is 0.435 e. The molecule has 0 amide bonds. The van der Waals surface area contributed by atoms with Gasteiger partial charge in [-0.3, -0.25) is 4.79 Å². The van der Waals surface area contributed by atoms with E-state index in [9.17, 15) is 4.79 Å². The van der Waals surface area contributed by atoms with Crippen LogP contribution in [-0.4, -0.2) is 5.97 Å². The Bertz CT molecular complexity index is 438. The molecule has 0 aromatic heterocycles. The van der Waals surface area contributed by atoms with Crippen molar-refractivity contribution < 1.29 is 9.53 Å². The molecule has 1 aliphatic carbocycles. The Balaban J connectivity index is 1.64. The zero-order chi connectivity index (χ0) is 24.4. The molecule has 0 atom stereocenters. The van der Waals surface area contributed by atoms with Gasteiger partial charge in [-0.15, -0.1) is 0 Å². The summed E-state index contributed by atoms with van der Waals surface area (Å²) in [5.74, 6) is 0.944. The van der Waals surface area contributed by atoms with Gasteiger partial charge in [0.15, 0.2) is 0 Å². The number of hydrogen-bond acceptors (Lipinski definition) is 2. The van der Waals surface area contributed by atoms with Gasteiger partial charge in [-0.05, 0) is 12.3 Å². The van der Waals surface area contributed by atoms with Crippen molar-refractivity contribution in [2.24, 2.45) is 5.92 Å². The summed E-state index contributed by atoms with van der Waals surface area (Å²) in [5.41, 5.74) is 0. The molecule has 0 aromatic carbocycles. The molecule has 0 bridgehead atoms. The monoisotopic (exact) mass is 476 g/mol. The van der Waals surface area contributed by atoms with Gasteiger partial charge in [-0.1, -0.05) is 174 Å². The number of hydrogen-bond donors (Lipinski definition) is 0. The number of ether oxygens (including phenoxy) is 1. The zero-order valence-electron chi connectivity index (χ0n) is 23.0. The Kier molecular flexibility index (Phi) is 23.3. The van der Waals surface area contributed by atoms with Crippen molar-refractivity contribution in [2.45, 2.75) is 180 Å². The van der Waals surface area contributed by atoms with Crippen molar-refractivity contribution in [1.29, 1.82) is 0 Å². The molecule has 0 N–H and O–H groups in total. The van der Waals surface area contributed by atoms with E-state index in [1.165, 1.54) is 167 Å². The molecule has 1 aliphatic rings. The molecule has 0 spiro atoms. The second kappa shape index (κ2) is 25.3. The number of carbonyl (C=O) groups is 1. The summed E-state index contributed by atoms with van der Waals surface area (Å²) >= 11 is 0. The van der Waals surface area contributed by atoms with Crippen LogP contribution in [0.5, 0.6) is 0 Å². The summed E-state index contributed by atoms with van der Waals surface area (Å²) < 4.78 is 4.73. The van der Waals surface area contributed by atoms with Crippen LogP contribution in [0.2, 0.25) is 0 Å². The molecule has 0 unspecified atom stereocenters. The van der Waals surface area contributed by atoms with E-state index in [4.69, 9.17) is 4.74 Å². The fraction of sp³-hybridized carbons (Fsp3) is 0.906. The van der Waals surface area contributed by atoms with Crippen molar-refractivity contribution in [2.75, 3.05) is 0 Å². The van der Waals surface area contributed by atoms with Gasteiger partial charge in [-0.25, -0.2) is 0 Å². The average Bonchev–Trinajstić information content (AvgIpc) is 2.85. The van der Waals surface area contributed by atoms with Crippen molar-refractivity contribution in [1.82, 2.24) is 0 Å². The van der Waals surface area contributed by atoms with Crippen molar-refractivity contribution >= 4 is 5.97 Å². The Labute approximate surface area is 214 Å². The molecule has 1 fully saturated rings. The lowest BCUT2D eigenvalue weighted by Crippen LogP contribution is -2.05. The van der Waals surface area contributed by atoms with Crippen molar-refractivity contribution in [3.8, 4) is 0 Å². The molecule has 0 aromatic rings. The zero-order valence-corrected chi connectivity index (χ0v) is 23.0. The third kappa shape index (κ3) is 21.7.